The summed E-state index contributed by atoms with van der Waals surface area (Å²) in [5.74, 6) is 0.539. The molecule has 1 heterocycles. The maximum Gasteiger partial charge on any atom is 0.153 e. The Kier molecular flexibility index (Phi) is 4.97. The minimum Gasteiger partial charge on any atom is -0.313 e. The van der Waals surface area contributed by atoms with Crippen LogP contribution in [0.5, 0.6) is 0 Å². The van der Waals surface area contributed by atoms with Crippen LogP contribution in [0.1, 0.15) is 26.7 Å². The van der Waals surface area contributed by atoms with Gasteiger partial charge in [0.1, 0.15) is 9.84 Å². The fraction of sp³-hybridized carbons (Fsp3) is 1.00. The van der Waals surface area contributed by atoms with Gasteiger partial charge in [0.15, 0.2) is 9.84 Å². The molecule has 0 radical (unpaired) electrons. The van der Waals surface area contributed by atoms with Crippen LogP contribution in [0.2, 0.25) is 0 Å². The van der Waals surface area contributed by atoms with E-state index < -0.39 is 19.7 Å². The fourth-order valence-corrected chi connectivity index (χ4v) is 4.10. The molecular weight excluding hydrogens is 262 g/mol. The van der Waals surface area contributed by atoms with Gasteiger partial charge < -0.3 is 5.32 Å². The summed E-state index contributed by atoms with van der Waals surface area (Å²) in [4.78, 5) is 0. The molecule has 0 atom stereocenters. The van der Waals surface area contributed by atoms with Crippen LogP contribution in [0, 0.1) is 0 Å². The second-order valence-corrected chi connectivity index (χ2v) is 9.78. The first-order valence-corrected chi connectivity index (χ1v) is 9.42. The van der Waals surface area contributed by atoms with Gasteiger partial charge in [-0.2, -0.15) is 0 Å². The zero-order chi connectivity index (χ0) is 13.1. The lowest BCUT2D eigenvalue weighted by Gasteiger charge is -2.23. The number of sulfone groups is 2. The van der Waals surface area contributed by atoms with Gasteiger partial charge in [0.2, 0.25) is 0 Å². The third kappa shape index (κ3) is 4.93. The molecule has 5 nitrogen and oxygen atoms in total. The number of rotatable bonds is 5. The molecule has 0 aliphatic carbocycles. The molecule has 102 valence electrons. The summed E-state index contributed by atoms with van der Waals surface area (Å²) in [5.41, 5.74) is 0. The predicted octanol–water partition coefficient (Wildman–Crippen LogP) is -0.0236. The second kappa shape index (κ2) is 5.67. The molecular formula is C10H21NO4S2. The van der Waals surface area contributed by atoms with Crippen molar-refractivity contribution in [3.8, 4) is 0 Å². The maximum absolute atomic E-state index is 11.5. The Hall–Kier alpha value is -0.140. The molecule has 0 bridgehead atoms. The summed E-state index contributed by atoms with van der Waals surface area (Å²) in [6, 6.07) is 0.140. The highest BCUT2D eigenvalue weighted by atomic mass is 32.2. The highest BCUT2D eigenvalue weighted by molar-refractivity contribution is 7.92. The topological polar surface area (TPSA) is 80.3 Å². The first kappa shape index (κ1) is 14.9. The molecule has 1 N–H and O–H groups in total. The molecule has 1 aliphatic heterocycles. The Morgan fingerprint density at radius 2 is 1.76 bits per heavy atom. The van der Waals surface area contributed by atoms with Crippen molar-refractivity contribution >= 4 is 19.7 Å². The SMILES string of the molecule is CC(C)S(=O)(=O)CCNC1CCS(=O)(=O)CC1. The molecule has 7 heteroatoms. The first-order chi connectivity index (χ1) is 7.73. The molecule has 1 aliphatic rings. The van der Waals surface area contributed by atoms with Crippen molar-refractivity contribution < 1.29 is 16.8 Å². The molecule has 17 heavy (non-hydrogen) atoms. The normalized spacial score (nSPS) is 21.8. The zero-order valence-electron chi connectivity index (χ0n) is 10.3. The van der Waals surface area contributed by atoms with Gasteiger partial charge in [-0.1, -0.05) is 0 Å². The number of nitrogens with one attached hydrogen (secondary N) is 1. The van der Waals surface area contributed by atoms with E-state index in [1.54, 1.807) is 13.8 Å². The monoisotopic (exact) mass is 283 g/mol. The molecule has 1 fully saturated rings. The molecule has 1 saturated heterocycles. The van der Waals surface area contributed by atoms with Crippen LogP contribution in [0.3, 0.4) is 0 Å². The number of hydrogen-bond acceptors (Lipinski definition) is 5. The van der Waals surface area contributed by atoms with Gasteiger partial charge in [-0.15, -0.1) is 0 Å². The Bertz CT molecular complexity index is 425. The summed E-state index contributed by atoms with van der Waals surface area (Å²) >= 11 is 0. The summed E-state index contributed by atoms with van der Waals surface area (Å²) in [5, 5.41) is 2.78. The Morgan fingerprint density at radius 1 is 1.24 bits per heavy atom. The lowest BCUT2D eigenvalue weighted by molar-refractivity contribution is 0.473. The van der Waals surface area contributed by atoms with Gasteiger partial charge in [-0.3, -0.25) is 0 Å². The van der Waals surface area contributed by atoms with Crippen LogP contribution in [0.25, 0.3) is 0 Å². The third-order valence-electron chi connectivity index (χ3n) is 3.09. The van der Waals surface area contributed by atoms with Crippen molar-refractivity contribution in [1.29, 1.82) is 0 Å². The lowest BCUT2D eigenvalue weighted by atomic mass is 10.1. The Balaban J connectivity index is 2.30. The Morgan fingerprint density at radius 3 is 2.24 bits per heavy atom. The van der Waals surface area contributed by atoms with E-state index in [-0.39, 0.29) is 28.6 Å². The lowest BCUT2D eigenvalue weighted by Crippen LogP contribution is -2.40. The molecule has 0 aromatic rings. The molecule has 0 amide bonds. The van der Waals surface area contributed by atoms with Crippen LogP contribution < -0.4 is 5.32 Å². The zero-order valence-corrected chi connectivity index (χ0v) is 12.0. The summed E-state index contributed by atoms with van der Waals surface area (Å²) in [6.07, 6.45) is 1.17. The van der Waals surface area contributed by atoms with Gasteiger partial charge in [-0.25, -0.2) is 16.8 Å². The van der Waals surface area contributed by atoms with Gasteiger partial charge in [-0.05, 0) is 26.7 Å². The summed E-state index contributed by atoms with van der Waals surface area (Å²) < 4.78 is 45.5. The largest absolute Gasteiger partial charge is 0.313 e. The van der Waals surface area contributed by atoms with E-state index in [1.807, 2.05) is 0 Å². The molecule has 0 saturated carbocycles. The number of hydrogen-bond donors (Lipinski definition) is 1. The molecule has 1 rings (SSSR count). The van der Waals surface area contributed by atoms with Crippen LogP contribution in [0.15, 0.2) is 0 Å². The van der Waals surface area contributed by atoms with Crippen molar-refractivity contribution in [3.63, 3.8) is 0 Å². The van der Waals surface area contributed by atoms with E-state index in [0.717, 1.165) is 0 Å². The van der Waals surface area contributed by atoms with E-state index in [1.165, 1.54) is 0 Å². The fourth-order valence-electron chi connectivity index (χ4n) is 1.74. The van der Waals surface area contributed by atoms with Gasteiger partial charge in [0.25, 0.3) is 0 Å². The van der Waals surface area contributed by atoms with Crippen molar-refractivity contribution in [2.45, 2.75) is 38.0 Å². The van der Waals surface area contributed by atoms with Crippen molar-refractivity contribution in [2.24, 2.45) is 0 Å². The van der Waals surface area contributed by atoms with E-state index >= 15 is 0 Å². The van der Waals surface area contributed by atoms with E-state index in [9.17, 15) is 16.8 Å². The minimum absolute atomic E-state index is 0.119. The standard InChI is InChI=1S/C10H21NO4S2/c1-9(2)17(14,15)8-5-11-10-3-6-16(12,13)7-4-10/h9-11H,3-8H2,1-2H3. The average molecular weight is 283 g/mol. The average Bonchev–Trinajstić information content (AvgIpc) is 2.20. The summed E-state index contributed by atoms with van der Waals surface area (Å²) in [7, 11) is -5.84. The van der Waals surface area contributed by atoms with Crippen molar-refractivity contribution in [1.82, 2.24) is 5.32 Å². The molecule has 0 aromatic heterocycles. The van der Waals surface area contributed by atoms with E-state index in [2.05, 4.69) is 5.32 Å². The first-order valence-electron chi connectivity index (χ1n) is 5.88. The van der Waals surface area contributed by atoms with Crippen molar-refractivity contribution in [3.05, 3.63) is 0 Å². The van der Waals surface area contributed by atoms with Crippen molar-refractivity contribution in [2.75, 3.05) is 23.8 Å². The minimum atomic E-state index is -3.00. The van der Waals surface area contributed by atoms with Crippen LogP contribution in [-0.4, -0.2) is 51.9 Å². The van der Waals surface area contributed by atoms with Gasteiger partial charge >= 0.3 is 0 Å². The highest BCUT2D eigenvalue weighted by Crippen LogP contribution is 2.12. The van der Waals surface area contributed by atoms with E-state index in [0.29, 0.717) is 19.4 Å². The van der Waals surface area contributed by atoms with Crippen LogP contribution >= 0.6 is 0 Å². The third-order valence-corrected chi connectivity index (χ3v) is 7.02. The van der Waals surface area contributed by atoms with Crippen LogP contribution in [0.4, 0.5) is 0 Å². The van der Waals surface area contributed by atoms with E-state index in [4.69, 9.17) is 0 Å². The van der Waals surface area contributed by atoms with Gasteiger partial charge in [0.05, 0.1) is 22.5 Å². The molecule has 0 aromatic carbocycles. The van der Waals surface area contributed by atoms with Crippen LogP contribution in [-0.2, 0) is 19.7 Å². The smallest absolute Gasteiger partial charge is 0.153 e. The van der Waals surface area contributed by atoms with Gasteiger partial charge in [0, 0.05) is 12.6 Å². The molecule has 0 unspecified atom stereocenters. The maximum atomic E-state index is 11.5. The Labute approximate surface area is 104 Å². The molecule has 0 spiro atoms. The highest BCUT2D eigenvalue weighted by Gasteiger charge is 2.23. The summed E-state index contributed by atoms with van der Waals surface area (Å²) in [6.45, 7) is 3.75. The quantitative estimate of drug-likeness (QED) is 0.767. The predicted molar refractivity (Wildman–Crippen MR) is 68.6 cm³/mol. The second-order valence-electron chi connectivity index (χ2n) is 4.80.